The minimum absolute atomic E-state index is 0.000845. The van der Waals surface area contributed by atoms with Crippen molar-refractivity contribution >= 4 is 5.91 Å². The van der Waals surface area contributed by atoms with Crippen LogP contribution in [0.5, 0.6) is 0 Å². The molecule has 2 heterocycles. The fourth-order valence-corrected chi connectivity index (χ4v) is 2.66. The monoisotopic (exact) mass is 356 g/mol. The van der Waals surface area contributed by atoms with Crippen LogP contribution in [0.3, 0.4) is 0 Å². The average Bonchev–Trinajstić information content (AvgIpc) is 2.51. The molecule has 4 atom stereocenters. The molecular weight excluding hydrogens is 332 g/mol. The van der Waals surface area contributed by atoms with E-state index < -0.39 is 35.6 Å². The maximum atomic E-state index is 11.8. The van der Waals surface area contributed by atoms with E-state index in [2.05, 4.69) is 10.3 Å². The van der Waals surface area contributed by atoms with Crippen molar-refractivity contribution < 1.29 is 19.7 Å². The van der Waals surface area contributed by atoms with Crippen LogP contribution in [0.4, 0.5) is 0 Å². The summed E-state index contributed by atoms with van der Waals surface area (Å²) in [6.45, 7) is 1.67. The third-order valence-corrected chi connectivity index (χ3v) is 4.00. The van der Waals surface area contributed by atoms with Crippen molar-refractivity contribution in [3.05, 3.63) is 32.6 Å². The van der Waals surface area contributed by atoms with Gasteiger partial charge in [0.1, 0.15) is 18.3 Å². The number of aryl methyl sites for hydroxylation is 1. The molecule has 25 heavy (non-hydrogen) atoms. The summed E-state index contributed by atoms with van der Waals surface area (Å²) in [4.78, 5) is 38.8. The maximum absolute atomic E-state index is 11.8. The number of hydrogen-bond acceptors (Lipinski definition) is 7. The van der Waals surface area contributed by atoms with Gasteiger partial charge in [-0.2, -0.15) is 0 Å². The van der Waals surface area contributed by atoms with E-state index in [1.54, 1.807) is 25.9 Å². The van der Waals surface area contributed by atoms with Crippen molar-refractivity contribution in [2.45, 2.75) is 37.8 Å². The molecule has 1 fully saturated rings. The number of aromatic nitrogens is 2. The van der Waals surface area contributed by atoms with Gasteiger partial charge in [0.05, 0.1) is 25.7 Å². The van der Waals surface area contributed by atoms with Crippen LogP contribution in [0, 0.1) is 6.92 Å². The lowest BCUT2D eigenvalue weighted by Gasteiger charge is -2.38. The number of aliphatic hydroxyl groups excluding tert-OH is 2. The van der Waals surface area contributed by atoms with Crippen molar-refractivity contribution in [3.8, 4) is 0 Å². The van der Waals surface area contributed by atoms with Gasteiger partial charge < -0.3 is 25.2 Å². The van der Waals surface area contributed by atoms with Gasteiger partial charge in [0.25, 0.3) is 5.56 Å². The molecule has 10 nitrogen and oxygen atoms in total. The number of likely N-dealkylation sites (N-methyl/N-ethyl adjacent to an activating group) is 1. The number of ether oxygens (including phenoxy) is 1. The van der Waals surface area contributed by atoms with E-state index in [-0.39, 0.29) is 25.6 Å². The number of hydrogen-bond donors (Lipinski definition) is 4. The predicted octanol–water partition coefficient (Wildman–Crippen LogP) is -2.99. The molecule has 1 amide bonds. The van der Waals surface area contributed by atoms with E-state index in [1.807, 2.05) is 0 Å². The molecule has 0 bridgehead atoms. The third kappa shape index (κ3) is 4.75. The van der Waals surface area contributed by atoms with Gasteiger partial charge in [0.2, 0.25) is 5.91 Å². The lowest BCUT2D eigenvalue weighted by molar-refractivity contribution is -0.158. The second-order valence-electron chi connectivity index (χ2n) is 6.49. The Kier molecular flexibility index (Phi) is 6.11. The minimum Gasteiger partial charge on any atom is -0.388 e. The largest absolute Gasteiger partial charge is 0.388 e. The number of amides is 1. The number of aromatic amines is 1. The highest BCUT2D eigenvalue weighted by atomic mass is 16.5. The SMILES string of the molecule is Cc1cn(C[C@H]2OC[C@@H](NC(=O)CN(C)C)[C@H](O)[C@@H]2O)c(=O)[nH]c1=O. The summed E-state index contributed by atoms with van der Waals surface area (Å²) >= 11 is 0. The molecule has 4 N–H and O–H groups in total. The molecule has 1 aliphatic rings. The number of rotatable bonds is 5. The molecule has 10 heteroatoms. The zero-order valence-electron chi connectivity index (χ0n) is 14.4. The van der Waals surface area contributed by atoms with Crippen molar-refractivity contribution in [1.29, 1.82) is 0 Å². The fourth-order valence-electron chi connectivity index (χ4n) is 2.66. The van der Waals surface area contributed by atoms with E-state index in [4.69, 9.17) is 4.74 Å². The Balaban J connectivity index is 2.03. The maximum Gasteiger partial charge on any atom is 0.328 e. The quantitative estimate of drug-likeness (QED) is 0.442. The molecular formula is C15H24N4O6. The second kappa shape index (κ2) is 7.91. The van der Waals surface area contributed by atoms with Gasteiger partial charge in [-0.05, 0) is 21.0 Å². The van der Waals surface area contributed by atoms with Gasteiger partial charge in [-0.1, -0.05) is 0 Å². The lowest BCUT2D eigenvalue weighted by Crippen LogP contribution is -2.60. The second-order valence-corrected chi connectivity index (χ2v) is 6.49. The van der Waals surface area contributed by atoms with Crippen LogP contribution >= 0.6 is 0 Å². The van der Waals surface area contributed by atoms with Crippen LogP contribution in [0.1, 0.15) is 5.56 Å². The first kappa shape index (κ1) is 19.3. The fraction of sp³-hybridized carbons (Fsp3) is 0.667. The summed E-state index contributed by atoms with van der Waals surface area (Å²) in [5, 5.41) is 23.1. The Morgan fingerprint density at radius 1 is 1.40 bits per heavy atom. The highest BCUT2D eigenvalue weighted by Gasteiger charge is 2.39. The van der Waals surface area contributed by atoms with Crippen LogP contribution in [-0.2, 0) is 16.1 Å². The van der Waals surface area contributed by atoms with Crippen LogP contribution < -0.4 is 16.6 Å². The molecule has 0 unspecified atom stereocenters. The standard InChI is InChI=1S/C15H24N4O6/c1-8-4-19(15(24)17-14(8)23)5-10-13(22)12(21)9(7-25-10)16-11(20)6-18(2)3/h4,9-10,12-13,21-22H,5-7H2,1-3H3,(H,16,20)(H,17,23,24)/t9-,10-,12+,13-/m1/s1. The summed E-state index contributed by atoms with van der Waals surface area (Å²) in [6.07, 6.45) is -2.00. The Morgan fingerprint density at radius 2 is 2.08 bits per heavy atom. The molecule has 1 aromatic heterocycles. The van der Waals surface area contributed by atoms with Gasteiger partial charge in [-0.25, -0.2) is 4.79 Å². The number of nitrogens with zero attached hydrogens (tertiary/aromatic N) is 2. The topological polar surface area (TPSA) is 137 Å². The number of carbonyl (C=O) groups is 1. The van der Waals surface area contributed by atoms with Gasteiger partial charge in [-0.3, -0.25) is 19.1 Å². The van der Waals surface area contributed by atoms with Crippen LogP contribution in [0.25, 0.3) is 0 Å². The molecule has 0 radical (unpaired) electrons. The summed E-state index contributed by atoms with van der Waals surface area (Å²) in [5.41, 5.74) is -0.753. The van der Waals surface area contributed by atoms with Crippen molar-refractivity contribution in [2.24, 2.45) is 0 Å². The Hall–Kier alpha value is -2.01. The molecule has 0 aromatic carbocycles. The minimum atomic E-state index is -1.29. The molecule has 2 rings (SSSR count). The normalized spacial score (nSPS) is 26.6. The van der Waals surface area contributed by atoms with E-state index in [9.17, 15) is 24.6 Å². The van der Waals surface area contributed by atoms with Gasteiger partial charge in [0.15, 0.2) is 0 Å². The van der Waals surface area contributed by atoms with Crippen molar-refractivity contribution in [1.82, 2.24) is 19.8 Å². The first-order chi connectivity index (χ1) is 11.7. The predicted molar refractivity (Wildman–Crippen MR) is 88.3 cm³/mol. The molecule has 1 aliphatic heterocycles. The smallest absolute Gasteiger partial charge is 0.328 e. The van der Waals surface area contributed by atoms with E-state index in [1.165, 1.54) is 10.8 Å². The summed E-state index contributed by atoms with van der Waals surface area (Å²) in [5.74, 6) is -0.296. The molecule has 140 valence electrons. The molecule has 1 saturated heterocycles. The van der Waals surface area contributed by atoms with E-state index in [0.29, 0.717) is 5.56 Å². The highest BCUT2D eigenvalue weighted by molar-refractivity contribution is 5.78. The average molecular weight is 356 g/mol. The summed E-state index contributed by atoms with van der Waals surface area (Å²) in [6, 6.07) is -0.743. The zero-order chi connectivity index (χ0) is 18.7. The number of nitrogens with one attached hydrogen (secondary N) is 2. The molecule has 0 aliphatic carbocycles. The number of carbonyl (C=O) groups excluding carboxylic acids is 1. The van der Waals surface area contributed by atoms with E-state index >= 15 is 0 Å². The van der Waals surface area contributed by atoms with Crippen molar-refractivity contribution in [2.75, 3.05) is 27.2 Å². The van der Waals surface area contributed by atoms with Crippen LogP contribution in [0.2, 0.25) is 0 Å². The molecule has 0 saturated carbocycles. The Morgan fingerprint density at radius 3 is 2.72 bits per heavy atom. The van der Waals surface area contributed by atoms with Crippen LogP contribution in [-0.4, -0.2) is 82.2 Å². The summed E-state index contributed by atoms with van der Waals surface area (Å²) < 4.78 is 6.73. The van der Waals surface area contributed by atoms with Gasteiger partial charge in [0, 0.05) is 11.8 Å². The molecule has 0 spiro atoms. The Labute approximate surface area is 144 Å². The van der Waals surface area contributed by atoms with Crippen molar-refractivity contribution in [3.63, 3.8) is 0 Å². The van der Waals surface area contributed by atoms with Crippen LogP contribution in [0.15, 0.2) is 15.8 Å². The highest BCUT2D eigenvalue weighted by Crippen LogP contribution is 2.17. The number of aliphatic hydroxyl groups is 2. The first-order valence-corrected chi connectivity index (χ1v) is 7.91. The van der Waals surface area contributed by atoms with E-state index in [0.717, 1.165) is 0 Å². The zero-order valence-corrected chi connectivity index (χ0v) is 14.4. The lowest BCUT2D eigenvalue weighted by atomic mass is 9.97. The van der Waals surface area contributed by atoms with Gasteiger partial charge >= 0.3 is 5.69 Å². The molecule has 1 aromatic rings. The third-order valence-electron chi connectivity index (χ3n) is 4.00. The number of H-pyrrole nitrogens is 1. The van der Waals surface area contributed by atoms with Gasteiger partial charge in [-0.15, -0.1) is 0 Å². The Bertz CT molecular complexity index is 727. The first-order valence-electron chi connectivity index (χ1n) is 7.91. The summed E-state index contributed by atoms with van der Waals surface area (Å²) in [7, 11) is 3.48.